The zero-order valence-corrected chi connectivity index (χ0v) is 15.8. The fourth-order valence-corrected chi connectivity index (χ4v) is 3.34. The van der Waals surface area contributed by atoms with Crippen LogP contribution in [0.4, 0.5) is 0 Å². The molecule has 5 heteroatoms. The number of halogens is 1. The van der Waals surface area contributed by atoms with Crippen LogP contribution in [-0.4, -0.2) is 38.1 Å². The summed E-state index contributed by atoms with van der Waals surface area (Å²) in [6, 6.07) is 12.4. The second-order valence-corrected chi connectivity index (χ2v) is 6.69. The number of nitrogens with one attached hydrogen (secondary N) is 1. The molecule has 25 heavy (non-hydrogen) atoms. The van der Waals surface area contributed by atoms with Crippen molar-refractivity contribution in [3.8, 4) is 5.75 Å². The van der Waals surface area contributed by atoms with E-state index in [-0.39, 0.29) is 18.3 Å². The number of carbonyl (C=O) groups excluding carboxylic acids is 1. The van der Waals surface area contributed by atoms with Crippen LogP contribution in [0.15, 0.2) is 36.4 Å². The zero-order valence-electron chi connectivity index (χ0n) is 15.0. The van der Waals surface area contributed by atoms with Crippen LogP contribution >= 0.6 is 12.4 Å². The lowest BCUT2D eigenvalue weighted by Crippen LogP contribution is -2.26. The Bertz CT molecular complexity index is 714. The van der Waals surface area contributed by atoms with Crippen molar-refractivity contribution >= 4 is 29.1 Å². The van der Waals surface area contributed by atoms with Crippen molar-refractivity contribution in [2.45, 2.75) is 25.8 Å². The van der Waals surface area contributed by atoms with Crippen molar-refractivity contribution in [1.82, 2.24) is 10.2 Å². The molecule has 136 valence electrons. The Morgan fingerprint density at radius 3 is 2.72 bits per heavy atom. The summed E-state index contributed by atoms with van der Waals surface area (Å²) in [6.07, 6.45) is 2.84. The first-order chi connectivity index (χ1) is 11.7. The molecule has 1 aliphatic heterocycles. The van der Waals surface area contributed by atoms with E-state index in [1.807, 2.05) is 24.1 Å². The first kappa shape index (κ1) is 19.5. The summed E-state index contributed by atoms with van der Waals surface area (Å²) in [5, 5.41) is 5.68. The van der Waals surface area contributed by atoms with E-state index in [1.165, 1.54) is 11.8 Å². The third-order valence-electron chi connectivity index (χ3n) is 4.89. The van der Waals surface area contributed by atoms with Crippen LogP contribution in [0, 0.1) is 5.92 Å². The average Bonchev–Trinajstić information content (AvgIpc) is 3.12. The number of hydrogen-bond acceptors (Lipinski definition) is 3. The Kier molecular flexibility index (Phi) is 7.09. The number of amides is 1. The largest absolute Gasteiger partial charge is 0.497 e. The van der Waals surface area contributed by atoms with Crippen molar-refractivity contribution in [2.75, 3.05) is 27.2 Å². The molecular weight excluding hydrogens is 336 g/mol. The molecule has 2 aromatic carbocycles. The van der Waals surface area contributed by atoms with Gasteiger partial charge in [0.15, 0.2) is 0 Å². The van der Waals surface area contributed by atoms with Gasteiger partial charge in [0.05, 0.1) is 7.11 Å². The fourth-order valence-electron chi connectivity index (χ4n) is 3.34. The minimum atomic E-state index is 0. The number of carbonyl (C=O) groups is 1. The molecule has 0 aliphatic carbocycles. The van der Waals surface area contributed by atoms with E-state index in [4.69, 9.17) is 4.74 Å². The van der Waals surface area contributed by atoms with Gasteiger partial charge in [0.1, 0.15) is 5.75 Å². The Balaban J connectivity index is 0.00000225. The summed E-state index contributed by atoms with van der Waals surface area (Å²) in [5.41, 5.74) is 1.16. The predicted octanol–water partition coefficient (Wildman–Crippen LogP) is 3.62. The monoisotopic (exact) mass is 362 g/mol. The lowest BCUT2D eigenvalue weighted by atomic mass is 10.0. The van der Waals surface area contributed by atoms with E-state index in [0.29, 0.717) is 18.9 Å². The van der Waals surface area contributed by atoms with Crippen molar-refractivity contribution in [2.24, 2.45) is 5.92 Å². The highest BCUT2D eigenvalue weighted by molar-refractivity contribution is 5.85. The van der Waals surface area contributed by atoms with Crippen molar-refractivity contribution in [3.63, 3.8) is 0 Å². The second-order valence-electron chi connectivity index (χ2n) is 6.69. The van der Waals surface area contributed by atoms with Gasteiger partial charge in [-0.15, -0.1) is 12.4 Å². The molecule has 0 aromatic heterocycles. The molecule has 0 radical (unpaired) electrons. The van der Waals surface area contributed by atoms with E-state index in [2.05, 4.69) is 29.6 Å². The molecule has 1 saturated heterocycles. The van der Waals surface area contributed by atoms with E-state index in [9.17, 15) is 4.79 Å². The van der Waals surface area contributed by atoms with Crippen LogP contribution in [-0.2, 0) is 11.3 Å². The quantitative estimate of drug-likeness (QED) is 0.853. The minimum Gasteiger partial charge on any atom is -0.497 e. The van der Waals surface area contributed by atoms with Crippen LogP contribution in [0.1, 0.15) is 24.8 Å². The van der Waals surface area contributed by atoms with Crippen molar-refractivity contribution in [3.05, 3.63) is 42.0 Å². The van der Waals surface area contributed by atoms with Gasteiger partial charge in [0, 0.05) is 20.0 Å². The SMILES string of the molecule is COc1ccc2cc(CN(C)C(=O)CCC3CCNC3)ccc2c1.Cl. The predicted molar refractivity (Wildman–Crippen MR) is 104 cm³/mol. The molecule has 0 spiro atoms. The van der Waals surface area contributed by atoms with Crippen LogP contribution < -0.4 is 10.1 Å². The Morgan fingerprint density at radius 2 is 2.00 bits per heavy atom. The molecule has 1 fully saturated rings. The van der Waals surface area contributed by atoms with Gasteiger partial charge in [-0.1, -0.05) is 18.2 Å². The molecule has 1 heterocycles. The van der Waals surface area contributed by atoms with Gasteiger partial charge in [0.2, 0.25) is 5.91 Å². The average molecular weight is 363 g/mol. The zero-order chi connectivity index (χ0) is 16.9. The highest BCUT2D eigenvalue weighted by Gasteiger charge is 2.17. The van der Waals surface area contributed by atoms with Gasteiger partial charge < -0.3 is 15.0 Å². The topological polar surface area (TPSA) is 41.6 Å². The van der Waals surface area contributed by atoms with Crippen LogP contribution in [0.2, 0.25) is 0 Å². The number of rotatable bonds is 6. The summed E-state index contributed by atoms with van der Waals surface area (Å²) in [5.74, 6) is 1.76. The first-order valence-corrected chi connectivity index (χ1v) is 8.67. The standard InChI is InChI=1S/C20H26N2O2.ClH/c1-22(20(23)8-4-15-9-10-21-13-15)14-16-3-5-18-12-19(24-2)7-6-17(18)11-16;/h3,5-7,11-12,15,21H,4,8-10,13-14H2,1-2H3;1H. The van der Waals surface area contributed by atoms with Gasteiger partial charge in [-0.3, -0.25) is 4.79 Å². The Labute approximate surface area is 155 Å². The molecule has 2 aromatic rings. The molecule has 3 rings (SSSR count). The molecular formula is C20H27ClN2O2. The van der Waals surface area contributed by atoms with Gasteiger partial charge in [-0.2, -0.15) is 0 Å². The number of methoxy groups -OCH3 is 1. The smallest absolute Gasteiger partial charge is 0.222 e. The highest BCUT2D eigenvalue weighted by atomic mass is 35.5. The molecule has 1 atom stereocenters. The van der Waals surface area contributed by atoms with Crippen LogP contribution in [0.3, 0.4) is 0 Å². The maximum atomic E-state index is 12.3. The van der Waals surface area contributed by atoms with E-state index in [1.54, 1.807) is 7.11 Å². The number of ether oxygens (including phenoxy) is 1. The number of fused-ring (bicyclic) bond motifs is 1. The number of nitrogens with zero attached hydrogens (tertiary/aromatic N) is 1. The fraction of sp³-hybridized carbons (Fsp3) is 0.450. The lowest BCUT2D eigenvalue weighted by Gasteiger charge is -2.18. The van der Waals surface area contributed by atoms with E-state index in [0.717, 1.165) is 36.2 Å². The van der Waals surface area contributed by atoms with E-state index >= 15 is 0 Å². The summed E-state index contributed by atoms with van der Waals surface area (Å²) < 4.78 is 5.26. The van der Waals surface area contributed by atoms with Gasteiger partial charge in [-0.05, 0) is 66.4 Å². The minimum absolute atomic E-state index is 0. The number of hydrogen-bond donors (Lipinski definition) is 1. The molecule has 1 amide bonds. The first-order valence-electron chi connectivity index (χ1n) is 8.67. The highest BCUT2D eigenvalue weighted by Crippen LogP contribution is 2.22. The molecule has 1 N–H and O–H groups in total. The molecule has 0 saturated carbocycles. The molecule has 1 aliphatic rings. The van der Waals surface area contributed by atoms with Crippen LogP contribution in [0.5, 0.6) is 5.75 Å². The normalized spacial score (nSPS) is 16.5. The third kappa shape index (κ3) is 5.10. The lowest BCUT2D eigenvalue weighted by molar-refractivity contribution is -0.130. The third-order valence-corrected chi connectivity index (χ3v) is 4.89. The van der Waals surface area contributed by atoms with Crippen LogP contribution in [0.25, 0.3) is 10.8 Å². The summed E-state index contributed by atoms with van der Waals surface area (Å²) in [7, 11) is 3.57. The molecule has 4 nitrogen and oxygen atoms in total. The number of benzene rings is 2. The van der Waals surface area contributed by atoms with E-state index < -0.39 is 0 Å². The van der Waals surface area contributed by atoms with Crippen molar-refractivity contribution < 1.29 is 9.53 Å². The summed E-state index contributed by atoms with van der Waals surface area (Å²) in [4.78, 5) is 14.2. The van der Waals surface area contributed by atoms with Gasteiger partial charge in [0.25, 0.3) is 0 Å². The summed E-state index contributed by atoms with van der Waals surface area (Å²) in [6.45, 7) is 2.81. The van der Waals surface area contributed by atoms with Gasteiger partial charge in [-0.25, -0.2) is 0 Å². The maximum absolute atomic E-state index is 12.3. The molecule has 1 unspecified atom stereocenters. The summed E-state index contributed by atoms with van der Waals surface area (Å²) >= 11 is 0. The Hall–Kier alpha value is -1.78. The molecule has 0 bridgehead atoms. The van der Waals surface area contributed by atoms with Crippen molar-refractivity contribution in [1.29, 1.82) is 0 Å². The second kappa shape index (κ2) is 9.07. The Morgan fingerprint density at radius 1 is 1.24 bits per heavy atom. The van der Waals surface area contributed by atoms with Gasteiger partial charge >= 0.3 is 0 Å². The maximum Gasteiger partial charge on any atom is 0.222 e.